The predicted molar refractivity (Wildman–Crippen MR) is 68.8 cm³/mol. The summed E-state index contributed by atoms with van der Waals surface area (Å²) in [7, 11) is -3.98. The molecule has 9 nitrogen and oxygen atoms in total. The molecule has 1 rings (SSSR count). The van der Waals surface area contributed by atoms with Crippen molar-refractivity contribution < 1.29 is 22.9 Å². The van der Waals surface area contributed by atoms with Crippen LogP contribution in [0.15, 0.2) is 23.1 Å². The third-order valence-corrected chi connectivity index (χ3v) is 3.84. The lowest BCUT2D eigenvalue weighted by Crippen LogP contribution is -2.29. The predicted octanol–water partition coefficient (Wildman–Crippen LogP) is 0.622. The minimum Gasteiger partial charge on any atom is -0.448 e. The standard InChI is InChI=1S/C9H10ClN3O6S/c10-7-2-1-6(5-8(7)13(15)16)20(17,18)12-3-4-19-9(11)14/h1-2,5,12H,3-4H2,(H2,11,14). The van der Waals surface area contributed by atoms with Gasteiger partial charge in [0.2, 0.25) is 10.0 Å². The average molecular weight is 324 g/mol. The van der Waals surface area contributed by atoms with E-state index in [1.54, 1.807) is 0 Å². The van der Waals surface area contributed by atoms with Gasteiger partial charge in [0.05, 0.1) is 9.82 Å². The van der Waals surface area contributed by atoms with Gasteiger partial charge in [0.15, 0.2) is 0 Å². The lowest BCUT2D eigenvalue weighted by molar-refractivity contribution is -0.384. The molecule has 0 fully saturated rings. The Labute approximate surface area is 118 Å². The number of halogens is 1. The third-order valence-electron chi connectivity index (χ3n) is 2.06. The molecule has 20 heavy (non-hydrogen) atoms. The highest BCUT2D eigenvalue weighted by Gasteiger charge is 2.20. The van der Waals surface area contributed by atoms with Crippen LogP contribution in [0, 0.1) is 10.1 Å². The van der Waals surface area contributed by atoms with E-state index < -0.39 is 26.7 Å². The quantitative estimate of drug-likeness (QED) is 0.446. The van der Waals surface area contributed by atoms with Gasteiger partial charge in [0.25, 0.3) is 5.69 Å². The van der Waals surface area contributed by atoms with Crippen molar-refractivity contribution in [3.63, 3.8) is 0 Å². The molecule has 0 saturated heterocycles. The summed E-state index contributed by atoms with van der Waals surface area (Å²) in [5.41, 5.74) is 4.17. The number of nitrogens with zero attached hydrogens (tertiary/aromatic N) is 1. The first-order valence-corrected chi connectivity index (χ1v) is 6.96. The molecule has 0 heterocycles. The number of hydrogen-bond acceptors (Lipinski definition) is 6. The van der Waals surface area contributed by atoms with E-state index in [0.29, 0.717) is 0 Å². The molecule has 0 bridgehead atoms. The molecule has 1 aromatic carbocycles. The van der Waals surface area contributed by atoms with Crippen molar-refractivity contribution in [3.8, 4) is 0 Å². The smallest absolute Gasteiger partial charge is 0.404 e. The van der Waals surface area contributed by atoms with Crippen LogP contribution in [0.1, 0.15) is 0 Å². The maximum Gasteiger partial charge on any atom is 0.404 e. The lowest BCUT2D eigenvalue weighted by Gasteiger charge is -2.07. The second-order valence-corrected chi connectivity index (χ2v) is 5.61. The van der Waals surface area contributed by atoms with Crippen LogP contribution < -0.4 is 10.5 Å². The molecule has 0 radical (unpaired) electrons. The lowest BCUT2D eigenvalue weighted by atomic mass is 10.3. The van der Waals surface area contributed by atoms with E-state index in [-0.39, 0.29) is 23.1 Å². The zero-order valence-electron chi connectivity index (χ0n) is 9.91. The van der Waals surface area contributed by atoms with Crippen molar-refractivity contribution in [3.05, 3.63) is 33.3 Å². The molecule has 11 heteroatoms. The molecule has 0 spiro atoms. The maximum absolute atomic E-state index is 11.8. The van der Waals surface area contributed by atoms with Crippen molar-refractivity contribution in [2.45, 2.75) is 4.90 Å². The van der Waals surface area contributed by atoms with E-state index >= 15 is 0 Å². The zero-order valence-corrected chi connectivity index (χ0v) is 11.5. The van der Waals surface area contributed by atoms with Crippen molar-refractivity contribution in [1.82, 2.24) is 4.72 Å². The minimum absolute atomic E-state index is 0.175. The maximum atomic E-state index is 11.8. The fraction of sp³-hybridized carbons (Fsp3) is 0.222. The number of carbonyl (C=O) groups is 1. The number of nitro benzene ring substituents is 1. The number of carbonyl (C=O) groups excluding carboxylic acids is 1. The van der Waals surface area contributed by atoms with E-state index in [1.165, 1.54) is 0 Å². The van der Waals surface area contributed by atoms with E-state index in [2.05, 4.69) is 9.46 Å². The first kappa shape index (κ1) is 16.1. The monoisotopic (exact) mass is 323 g/mol. The molecule has 1 aromatic rings. The van der Waals surface area contributed by atoms with E-state index in [0.717, 1.165) is 18.2 Å². The number of benzene rings is 1. The summed E-state index contributed by atoms with van der Waals surface area (Å²) in [6.07, 6.45) is -1.04. The Morgan fingerprint density at radius 3 is 2.70 bits per heavy atom. The van der Waals surface area contributed by atoms with Gasteiger partial charge in [-0.2, -0.15) is 0 Å². The molecule has 0 saturated carbocycles. The van der Waals surface area contributed by atoms with Gasteiger partial charge in [-0.05, 0) is 12.1 Å². The molecule has 0 atom stereocenters. The van der Waals surface area contributed by atoms with E-state index in [9.17, 15) is 23.3 Å². The molecular formula is C9H10ClN3O6S. The van der Waals surface area contributed by atoms with Crippen molar-refractivity contribution in [2.24, 2.45) is 5.73 Å². The largest absolute Gasteiger partial charge is 0.448 e. The Morgan fingerprint density at radius 1 is 1.50 bits per heavy atom. The normalized spacial score (nSPS) is 11.1. The topological polar surface area (TPSA) is 142 Å². The van der Waals surface area contributed by atoms with Gasteiger partial charge in [-0.25, -0.2) is 17.9 Å². The van der Waals surface area contributed by atoms with Gasteiger partial charge in [-0.15, -0.1) is 0 Å². The fourth-order valence-electron chi connectivity index (χ4n) is 1.21. The molecular weight excluding hydrogens is 314 g/mol. The Kier molecular flexibility index (Phi) is 5.25. The number of nitrogens with two attached hydrogens (primary N) is 1. The van der Waals surface area contributed by atoms with Crippen LogP contribution in [-0.2, 0) is 14.8 Å². The Hall–Kier alpha value is -1.91. The van der Waals surface area contributed by atoms with Crippen LogP contribution in [-0.4, -0.2) is 32.6 Å². The number of sulfonamides is 1. The molecule has 3 N–H and O–H groups in total. The first-order chi connectivity index (χ1) is 9.24. The van der Waals surface area contributed by atoms with Gasteiger partial charge in [0.1, 0.15) is 11.6 Å². The van der Waals surface area contributed by atoms with Crippen molar-refractivity contribution in [1.29, 1.82) is 0 Å². The highest BCUT2D eigenvalue weighted by Crippen LogP contribution is 2.26. The minimum atomic E-state index is -3.98. The molecule has 0 aliphatic carbocycles. The summed E-state index contributed by atoms with van der Waals surface area (Å²) in [6, 6.07) is 3.06. The molecule has 0 aromatic heterocycles. The Morgan fingerprint density at radius 2 is 2.15 bits per heavy atom. The number of nitro groups is 1. The second-order valence-electron chi connectivity index (χ2n) is 3.44. The van der Waals surface area contributed by atoms with Crippen molar-refractivity contribution >= 4 is 33.4 Å². The third kappa shape index (κ3) is 4.33. The highest BCUT2D eigenvalue weighted by molar-refractivity contribution is 7.89. The van der Waals surface area contributed by atoms with Gasteiger partial charge in [-0.1, -0.05) is 11.6 Å². The van der Waals surface area contributed by atoms with Gasteiger partial charge in [-0.3, -0.25) is 10.1 Å². The molecule has 0 aliphatic heterocycles. The molecule has 110 valence electrons. The average Bonchev–Trinajstić information content (AvgIpc) is 2.34. The van der Waals surface area contributed by atoms with Crippen molar-refractivity contribution in [2.75, 3.05) is 13.2 Å². The Bertz CT molecular complexity index is 633. The zero-order chi connectivity index (χ0) is 15.3. The summed E-state index contributed by atoms with van der Waals surface area (Å²) in [5.74, 6) is 0. The van der Waals surface area contributed by atoms with Crippen LogP contribution >= 0.6 is 11.6 Å². The summed E-state index contributed by atoms with van der Waals surface area (Å²) < 4.78 is 30.1. The first-order valence-electron chi connectivity index (χ1n) is 5.10. The van der Waals surface area contributed by atoms with Crippen LogP contribution in [0.3, 0.4) is 0 Å². The van der Waals surface area contributed by atoms with Crippen LogP contribution in [0.4, 0.5) is 10.5 Å². The van der Waals surface area contributed by atoms with Gasteiger partial charge >= 0.3 is 6.09 Å². The number of ether oxygens (including phenoxy) is 1. The summed E-state index contributed by atoms with van der Waals surface area (Å²) in [5, 5.41) is 10.5. The van der Waals surface area contributed by atoms with Gasteiger partial charge in [0, 0.05) is 12.6 Å². The number of amides is 1. The second kappa shape index (κ2) is 6.50. The fourth-order valence-corrected chi connectivity index (χ4v) is 2.43. The number of primary amides is 1. The number of rotatable bonds is 6. The Balaban J connectivity index is 2.85. The molecule has 0 unspecified atom stereocenters. The summed E-state index contributed by atoms with van der Waals surface area (Å²) in [6.45, 7) is -0.480. The SMILES string of the molecule is NC(=O)OCCNS(=O)(=O)c1ccc(Cl)c([N+](=O)[O-])c1. The van der Waals surface area contributed by atoms with Crippen LogP contribution in [0.25, 0.3) is 0 Å². The van der Waals surface area contributed by atoms with E-state index in [4.69, 9.17) is 17.3 Å². The van der Waals surface area contributed by atoms with E-state index in [1.807, 2.05) is 0 Å². The van der Waals surface area contributed by atoms with Crippen LogP contribution in [0.2, 0.25) is 5.02 Å². The summed E-state index contributed by atoms with van der Waals surface area (Å²) >= 11 is 5.57. The number of nitrogens with one attached hydrogen (secondary N) is 1. The summed E-state index contributed by atoms with van der Waals surface area (Å²) in [4.78, 5) is 19.8. The van der Waals surface area contributed by atoms with Gasteiger partial charge < -0.3 is 10.5 Å². The molecule has 0 aliphatic rings. The molecule has 1 amide bonds. The highest BCUT2D eigenvalue weighted by atomic mass is 35.5. The van der Waals surface area contributed by atoms with Crippen LogP contribution in [0.5, 0.6) is 0 Å². The number of hydrogen-bond donors (Lipinski definition) is 2.